The van der Waals surface area contributed by atoms with Gasteiger partial charge in [-0.3, -0.25) is 14.5 Å². The third-order valence-corrected chi connectivity index (χ3v) is 6.10. The van der Waals surface area contributed by atoms with Crippen LogP contribution in [0.1, 0.15) is 22.7 Å². The van der Waals surface area contributed by atoms with E-state index in [2.05, 4.69) is 4.74 Å². The molecule has 3 aromatic carbocycles. The van der Waals surface area contributed by atoms with Crippen molar-refractivity contribution in [2.75, 3.05) is 12.0 Å². The van der Waals surface area contributed by atoms with Crippen LogP contribution >= 0.6 is 23.2 Å². The molecule has 6 nitrogen and oxygen atoms in total. The van der Waals surface area contributed by atoms with E-state index in [1.54, 1.807) is 31.2 Å². The van der Waals surface area contributed by atoms with Gasteiger partial charge in [-0.2, -0.15) is 0 Å². The van der Waals surface area contributed by atoms with Crippen LogP contribution in [-0.4, -0.2) is 30.3 Å². The van der Waals surface area contributed by atoms with Crippen LogP contribution in [0.4, 0.5) is 18.9 Å². The number of aryl methyl sites for hydroxylation is 1. The van der Waals surface area contributed by atoms with Crippen molar-refractivity contribution in [1.82, 2.24) is 0 Å². The predicted molar refractivity (Wildman–Crippen MR) is 132 cm³/mol. The number of alkyl halides is 3. The molecule has 192 valence electrons. The van der Waals surface area contributed by atoms with Crippen molar-refractivity contribution >= 4 is 46.3 Å². The normalized spacial score (nSPS) is 17.3. The lowest BCUT2D eigenvalue weighted by molar-refractivity contribution is -0.274. The van der Waals surface area contributed by atoms with Crippen molar-refractivity contribution in [3.05, 3.63) is 93.0 Å². The predicted octanol–water partition coefficient (Wildman–Crippen LogP) is 6.84. The molecule has 1 aliphatic heterocycles. The Morgan fingerprint density at radius 3 is 2.38 bits per heavy atom. The van der Waals surface area contributed by atoms with Crippen molar-refractivity contribution in [2.45, 2.75) is 19.3 Å². The first-order valence-electron chi connectivity index (χ1n) is 10.7. The van der Waals surface area contributed by atoms with E-state index in [-0.39, 0.29) is 32.6 Å². The van der Waals surface area contributed by atoms with Crippen molar-refractivity contribution in [1.29, 1.82) is 0 Å². The summed E-state index contributed by atoms with van der Waals surface area (Å²) in [5, 5.41) is 11.5. The zero-order valence-corrected chi connectivity index (χ0v) is 20.8. The van der Waals surface area contributed by atoms with E-state index >= 15 is 0 Å². The topological polar surface area (TPSA) is 76.1 Å². The van der Waals surface area contributed by atoms with E-state index in [1.165, 1.54) is 31.4 Å². The highest BCUT2D eigenvalue weighted by Gasteiger charge is 2.47. The molecule has 0 saturated carbocycles. The maximum Gasteiger partial charge on any atom is 0.573 e. The molecule has 3 aromatic rings. The van der Waals surface area contributed by atoms with Crippen LogP contribution in [0.2, 0.25) is 10.0 Å². The minimum atomic E-state index is -4.97. The fourth-order valence-corrected chi connectivity index (χ4v) is 4.74. The Labute approximate surface area is 219 Å². The average Bonchev–Trinajstić information content (AvgIpc) is 3.08. The van der Waals surface area contributed by atoms with Gasteiger partial charge < -0.3 is 14.6 Å². The van der Waals surface area contributed by atoms with Crippen molar-refractivity contribution in [3.8, 4) is 11.5 Å². The van der Waals surface area contributed by atoms with Crippen LogP contribution in [-0.2, 0) is 9.59 Å². The monoisotopic (exact) mass is 551 g/mol. The standard InChI is InChI=1S/C26H18Cl2F3NO5/c1-13-5-3-6-14(9-13)21-20(22(33)18-10-15(27)11-19(28)24(18)36-2)23(34)25(35)32(21)16-7-4-8-17(12-16)37-26(29,30)31/h3-12,21,33H,1-2H3/b22-20+. The molecule has 1 fully saturated rings. The van der Waals surface area contributed by atoms with E-state index in [9.17, 15) is 27.9 Å². The Morgan fingerprint density at radius 2 is 1.73 bits per heavy atom. The summed E-state index contributed by atoms with van der Waals surface area (Å²) in [6.45, 7) is 1.78. The molecule has 0 spiro atoms. The molecule has 1 amide bonds. The SMILES string of the molecule is COc1c(Cl)cc(Cl)cc1/C(O)=C1\C(=O)C(=O)N(c2cccc(OC(F)(F)F)c2)C1c1cccc(C)c1. The van der Waals surface area contributed by atoms with E-state index in [4.69, 9.17) is 27.9 Å². The number of aliphatic hydroxyl groups excluding tert-OH is 1. The first-order chi connectivity index (χ1) is 17.4. The summed E-state index contributed by atoms with van der Waals surface area (Å²) in [4.78, 5) is 27.6. The molecule has 1 heterocycles. The third-order valence-electron chi connectivity index (χ3n) is 5.60. The molecule has 0 aliphatic carbocycles. The van der Waals surface area contributed by atoms with Crippen LogP contribution in [0.15, 0.2) is 66.2 Å². The highest BCUT2D eigenvalue weighted by Crippen LogP contribution is 2.45. The van der Waals surface area contributed by atoms with Gasteiger partial charge >= 0.3 is 6.36 Å². The lowest BCUT2D eigenvalue weighted by Gasteiger charge is -2.26. The first-order valence-corrected chi connectivity index (χ1v) is 11.4. The van der Waals surface area contributed by atoms with Gasteiger partial charge in [-0.25, -0.2) is 0 Å². The molecule has 4 rings (SSSR count). The van der Waals surface area contributed by atoms with Gasteiger partial charge in [0.1, 0.15) is 17.3 Å². The maximum atomic E-state index is 13.3. The summed E-state index contributed by atoms with van der Waals surface area (Å²) in [5.74, 6) is -3.32. The molecule has 37 heavy (non-hydrogen) atoms. The Bertz CT molecular complexity index is 1440. The summed E-state index contributed by atoms with van der Waals surface area (Å²) in [6, 6.07) is 12.9. The van der Waals surface area contributed by atoms with Crippen LogP contribution in [0.3, 0.4) is 0 Å². The van der Waals surface area contributed by atoms with Gasteiger partial charge in [-0.1, -0.05) is 59.1 Å². The molecule has 0 aromatic heterocycles. The number of amides is 1. The van der Waals surface area contributed by atoms with Gasteiger partial charge in [0.15, 0.2) is 0 Å². The summed E-state index contributed by atoms with van der Waals surface area (Å²) >= 11 is 12.3. The molecule has 1 saturated heterocycles. The fourth-order valence-electron chi connectivity index (χ4n) is 4.17. The number of halogens is 5. The Kier molecular flexibility index (Phi) is 7.12. The second-order valence-electron chi connectivity index (χ2n) is 8.10. The quantitative estimate of drug-likeness (QED) is 0.213. The second-order valence-corrected chi connectivity index (χ2v) is 8.94. The number of carbonyl (C=O) groups is 2. The number of anilines is 1. The number of hydrogen-bond acceptors (Lipinski definition) is 5. The number of methoxy groups -OCH3 is 1. The molecular weight excluding hydrogens is 534 g/mol. The zero-order valence-electron chi connectivity index (χ0n) is 19.3. The van der Waals surface area contributed by atoms with Gasteiger partial charge in [0.2, 0.25) is 0 Å². The first kappa shape index (κ1) is 26.4. The Hall–Kier alpha value is -3.69. The molecule has 1 N–H and O–H groups in total. The Morgan fingerprint density at radius 1 is 1.03 bits per heavy atom. The number of Topliss-reactive ketones (excluding diaryl/α,β-unsaturated/α-hetero) is 1. The maximum absolute atomic E-state index is 13.3. The van der Waals surface area contributed by atoms with E-state index in [0.717, 1.165) is 22.6 Å². The van der Waals surface area contributed by atoms with Crippen LogP contribution in [0.25, 0.3) is 5.76 Å². The molecule has 1 atom stereocenters. The smallest absolute Gasteiger partial charge is 0.507 e. The number of nitrogens with zero attached hydrogens (tertiary/aromatic N) is 1. The molecule has 11 heteroatoms. The van der Waals surface area contributed by atoms with Gasteiger partial charge in [0.25, 0.3) is 11.7 Å². The second kappa shape index (κ2) is 9.99. The highest BCUT2D eigenvalue weighted by atomic mass is 35.5. The van der Waals surface area contributed by atoms with Crippen LogP contribution in [0.5, 0.6) is 11.5 Å². The summed E-state index contributed by atoms with van der Waals surface area (Å²) < 4.78 is 47.8. The fraction of sp³-hybridized carbons (Fsp3) is 0.154. The number of rotatable bonds is 5. The number of aliphatic hydroxyl groups is 1. The van der Waals surface area contributed by atoms with Crippen LogP contribution < -0.4 is 14.4 Å². The molecule has 1 unspecified atom stereocenters. The van der Waals surface area contributed by atoms with Gasteiger partial charge in [-0.15, -0.1) is 13.2 Å². The van der Waals surface area contributed by atoms with Crippen molar-refractivity contribution < 1.29 is 37.3 Å². The molecule has 0 radical (unpaired) electrons. The number of ketones is 1. The van der Waals surface area contributed by atoms with Crippen molar-refractivity contribution in [3.63, 3.8) is 0 Å². The molecule has 1 aliphatic rings. The lowest BCUT2D eigenvalue weighted by atomic mass is 9.94. The van der Waals surface area contributed by atoms with Gasteiger partial charge in [0.05, 0.1) is 29.3 Å². The van der Waals surface area contributed by atoms with Crippen LogP contribution in [0, 0.1) is 6.92 Å². The van der Waals surface area contributed by atoms with E-state index in [1.807, 2.05) is 0 Å². The minimum Gasteiger partial charge on any atom is -0.507 e. The summed E-state index contributed by atoms with van der Waals surface area (Å²) in [6.07, 6.45) is -4.97. The lowest BCUT2D eigenvalue weighted by Crippen LogP contribution is -2.29. The van der Waals surface area contributed by atoms with E-state index < -0.39 is 35.6 Å². The minimum absolute atomic E-state index is 0.0123. The number of hydrogen-bond donors (Lipinski definition) is 1. The largest absolute Gasteiger partial charge is 0.573 e. The third kappa shape index (κ3) is 5.23. The number of ether oxygens (including phenoxy) is 2. The van der Waals surface area contributed by atoms with Gasteiger partial charge in [-0.05, 0) is 36.8 Å². The molecule has 0 bridgehead atoms. The zero-order chi connectivity index (χ0) is 27.1. The Balaban J connectivity index is 1.97. The molecular formula is C26H18Cl2F3NO5. The summed E-state index contributed by atoms with van der Waals surface area (Å²) in [7, 11) is 1.30. The average molecular weight is 552 g/mol. The van der Waals surface area contributed by atoms with E-state index in [0.29, 0.717) is 5.56 Å². The van der Waals surface area contributed by atoms with Crippen molar-refractivity contribution in [2.24, 2.45) is 0 Å². The summed E-state index contributed by atoms with van der Waals surface area (Å²) in [5.41, 5.74) is 0.792. The number of benzene rings is 3. The van der Waals surface area contributed by atoms with Gasteiger partial charge in [0, 0.05) is 16.8 Å². The number of carbonyl (C=O) groups excluding carboxylic acids is 2. The highest BCUT2D eigenvalue weighted by molar-refractivity contribution is 6.52.